The minimum absolute atomic E-state index is 0.163. The fourth-order valence-corrected chi connectivity index (χ4v) is 2.10. The van der Waals surface area contributed by atoms with Gasteiger partial charge in [-0.25, -0.2) is 4.98 Å². The first kappa shape index (κ1) is 7.73. The summed E-state index contributed by atoms with van der Waals surface area (Å²) in [5, 5.41) is 5.83. The molecule has 1 atom stereocenters. The zero-order valence-electron chi connectivity index (χ0n) is 6.62. The maximum atomic E-state index is 11.2. The van der Waals surface area contributed by atoms with Crippen molar-refractivity contribution in [2.45, 2.75) is 12.8 Å². The Kier molecular flexibility index (Phi) is 2.08. The van der Waals surface area contributed by atoms with Crippen LogP contribution in [-0.4, -0.2) is 17.4 Å². The van der Waals surface area contributed by atoms with Gasteiger partial charge in [0, 0.05) is 30.5 Å². The van der Waals surface area contributed by atoms with Crippen molar-refractivity contribution in [3.8, 4) is 0 Å². The number of rotatable bonds is 2. The monoisotopic (exact) mass is 182 g/mol. The van der Waals surface area contributed by atoms with E-state index in [1.54, 1.807) is 17.5 Å². The summed E-state index contributed by atoms with van der Waals surface area (Å²) in [6, 6.07) is 0. The molecule has 0 radical (unpaired) electrons. The molecule has 1 aliphatic heterocycles. The maximum absolute atomic E-state index is 11.2. The summed E-state index contributed by atoms with van der Waals surface area (Å²) in [5.74, 6) is 0.348. The van der Waals surface area contributed by atoms with Crippen LogP contribution in [0.2, 0.25) is 0 Å². The normalized spacial score (nSPS) is 22.7. The van der Waals surface area contributed by atoms with Crippen LogP contribution in [0.15, 0.2) is 11.6 Å². The zero-order valence-corrected chi connectivity index (χ0v) is 7.43. The lowest BCUT2D eigenvalue weighted by Crippen LogP contribution is -2.20. The number of carbonyl (C=O) groups is 1. The van der Waals surface area contributed by atoms with Gasteiger partial charge in [0.15, 0.2) is 0 Å². The molecule has 1 saturated heterocycles. The van der Waals surface area contributed by atoms with Gasteiger partial charge in [-0.3, -0.25) is 4.79 Å². The number of nitrogens with one attached hydrogen (secondary N) is 1. The van der Waals surface area contributed by atoms with Crippen molar-refractivity contribution in [2.75, 3.05) is 6.54 Å². The second kappa shape index (κ2) is 3.23. The van der Waals surface area contributed by atoms with Crippen LogP contribution in [0.4, 0.5) is 0 Å². The van der Waals surface area contributed by atoms with Crippen LogP contribution in [0.25, 0.3) is 0 Å². The lowest BCUT2D eigenvalue weighted by molar-refractivity contribution is -0.122. The number of nitrogens with zero attached hydrogens (tertiary/aromatic N) is 1. The molecule has 1 unspecified atom stereocenters. The van der Waals surface area contributed by atoms with Gasteiger partial charge in [-0.1, -0.05) is 0 Å². The molecule has 12 heavy (non-hydrogen) atoms. The van der Waals surface area contributed by atoms with Gasteiger partial charge in [0.25, 0.3) is 0 Å². The molecule has 1 fully saturated rings. The van der Waals surface area contributed by atoms with Crippen LogP contribution in [-0.2, 0) is 11.2 Å². The summed E-state index contributed by atoms with van der Waals surface area (Å²) in [4.78, 5) is 15.3. The van der Waals surface area contributed by atoms with Crippen LogP contribution in [0, 0.1) is 5.92 Å². The van der Waals surface area contributed by atoms with E-state index in [1.165, 1.54) is 0 Å². The van der Waals surface area contributed by atoms with E-state index in [4.69, 9.17) is 0 Å². The third-order valence-electron chi connectivity index (χ3n) is 2.07. The highest BCUT2D eigenvalue weighted by Gasteiger charge is 2.24. The molecule has 4 heteroatoms. The predicted molar refractivity (Wildman–Crippen MR) is 46.9 cm³/mol. The summed E-state index contributed by atoms with van der Waals surface area (Å²) in [7, 11) is 0. The second-order valence-electron chi connectivity index (χ2n) is 2.91. The van der Waals surface area contributed by atoms with Crippen molar-refractivity contribution in [2.24, 2.45) is 5.92 Å². The van der Waals surface area contributed by atoms with E-state index < -0.39 is 0 Å². The number of amides is 1. The Morgan fingerprint density at radius 1 is 1.75 bits per heavy atom. The fourth-order valence-electron chi connectivity index (χ4n) is 1.40. The summed E-state index contributed by atoms with van der Waals surface area (Å²) >= 11 is 1.62. The Morgan fingerprint density at radius 2 is 2.67 bits per heavy atom. The average Bonchev–Trinajstić information content (AvgIpc) is 2.65. The summed E-state index contributed by atoms with van der Waals surface area (Å²) in [5.41, 5.74) is 0. The lowest BCUT2D eigenvalue weighted by Gasteiger charge is -2.01. The Hall–Kier alpha value is -0.900. The highest BCUT2D eigenvalue weighted by Crippen LogP contribution is 2.17. The highest BCUT2D eigenvalue weighted by molar-refractivity contribution is 7.09. The van der Waals surface area contributed by atoms with Crippen molar-refractivity contribution < 1.29 is 4.79 Å². The van der Waals surface area contributed by atoms with E-state index >= 15 is 0 Å². The zero-order chi connectivity index (χ0) is 8.39. The number of thiazole rings is 1. The largest absolute Gasteiger partial charge is 0.356 e. The van der Waals surface area contributed by atoms with Gasteiger partial charge in [-0.05, 0) is 6.42 Å². The quantitative estimate of drug-likeness (QED) is 0.735. The van der Waals surface area contributed by atoms with Gasteiger partial charge in [-0.15, -0.1) is 11.3 Å². The number of hydrogen-bond acceptors (Lipinski definition) is 3. The Bertz CT molecular complexity index is 271. The van der Waals surface area contributed by atoms with Crippen LogP contribution in [0.3, 0.4) is 0 Å². The van der Waals surface area contributed by atoms with Gasteiger partial charge in [0.2, 0.25) is 5.91 Å². The van der Waals surface area contributed by atoms with Crippen LogP contribution < -0.4 is 5.32 Å². The van der Waals surface area contributed by atoms with E-state index in [-0.39, 0.29) is 11.8 Å². The summed E-state index contributed by atoms with van der Waals surface area (Å²) in [6.07, 6.45) is 3.55. The van der Waals surface area contributed by atoms with Crippen molar-refractivity contribution in [3.05, 3.63) is 16.6 Å². The summed E-state index contributed by atoms with van der Waals surface area (Å²) < 4.78 is 0. The second-order valence-corrected chi connectivity index (χ2v) is 3.89. The fraction of sp³-hybridized carbons (Fsp3) is 0.500. The first-order valence-corrected chi connectivity index (χ1v) is 4.90. The van der Waals surface area contributed by atoms with Gasteiger partial charge in [0.1, 0.15) is 0 Å². The average molecular weight is 182 g/mol. The van der Waals surface area contributed by atoms with E-state index in [0.717, 1.165) is 24.4 Å². The molecule has 1 aliphatic rings. The number of aromatic nitrogens is 1. The molecule has 0 spiro atoms. The van der Waals surface area contributed by atoms with Crippen LogP contribution >= 0.6 is 11.3 Å². The molecule has 1 N–H and O–H groups in total. The highest BCUT2D eigenvalue weighted by atomic mass is 32.1. The molecule has 3 nitrogen and oxygen atoms in total. The molecular weight excluding hydrogens is 172 g/mol. The van der Waals surface area contributed by atoms with Gasteiger partial charge in [0.05, 0.1) is 5.01 Å². The van der Waals surface area contributed by atoms with E-state index in [0.29, 0.717) is 0 Å². The van der Waals surface area contributed by atoms with Crippen molar-refractivity contribution in [1.82, 2.24) is 10.3 Å². The van der Waals surface area contributed by atoms with Gasteiger partial charge >= 0.3 is 0 Å². The van der Waals surface area contributed by atoms with E-state index in [1.807, 2.05) is 5.38 Å². The van der Waals surface area contributed by atoms with Crippen molar-refractivity contribution in [3.63, 3.8) is 0 Å². The van der Waals surface area contributed by atoms with Crippen LogP contribution in [0.5, 0.6) is 0 Å². The number of carbonyl (C=O) groups excluding carboxylic acids is 1. The molecule has 0 aromatic carbocycles. The third kappa shape index (κ3) is 1.48. The predicted octanol–water partition coefficient (Wildman–Crippen LogP) is 0.822. The molecular formula is C8H10N2OS. The molecule has 2 rings (SSSR count). The van der Waals surface area contributed by atoms with E-state index in [9.17, 15) is 4.79 Å². The molecule has 64 valence electrons. The summed E-state index contributed by atoms with van der Waals surface area (Å²) in [6.45, 7) is 0.828. The third-order valence-corrected chi connectivity index (χ3v) is 2.87. The molecule has 2 heterocycles. The van der Waals surface area contributed by atoms with Crippen molar-refractivity contribution in [1.29, 1.82) is 0 Å². The molecule has 1 aromatic rings. The Balaban J connectivity index is 1.99. The van der Waals surface area contributed by atoms with Crippen molar-refractivity contribution >= 4 is 17.2 Å². The topological polar surface area (TPSA) is 42.0 Å². The lowest BCUT2D eigenvalue weighted by atomic mass is 10.1. The number of hydrogen-bond donors (Lipinski definition) is 1. The van der Waals surface area contributed by atoms with Gasteiger partial charge in [-0.2, -0.15) is 0 Å². The van der Waals surface area contributed by atoms with E-state index in [2.05, 4.69) is 10.3 Å². The first-order chi connectivity index (χ1) is 5.86. The minimum Gasteiger partial charge on any atom is -0.356 e. The van der Waals surface area contributed by atoms with Crippen LogP contribution in [0.1, 0.15) is 11.4 Å². The molecule has 0 saturated carbocycles. The first-order valence-electron chi connectivity index (χ1n) is 4.02. The Labute approximate surface area is 74.8 Å². The smallest absolute Gasteiger partial charge is 0.223 e. The Morgan fingerprint density at radius 3 is 3.25 bits per heavy atom. The maximum Gasteiger partial charge on any atom is 0.223 e. The SMILES string of the molecule is O=C1NCCC1Cc1nccs1. The minimum atomic E-state index is 0.163. The molecule has 1 amide bonds. The standard InChI is InChI=1S/C8H10N2OS/c11-8-6(1-2-10-8)5-7-9-3-4-12-7/h3-4,6H,1-2,5H2,(H,10,11). The molecule has 0 aliphatic carbocycles. The molecule has 0 bridgehead atoms. The molecule has 1 aromatic heterocycles. The van der Waals surface area contributed by atoms with Gasteiger partial charge < -0.3 is 5.32 Å².